The van der Waals surface area contributed by atoms with Crippen LogP contribution in [0.4, 0.5) is 0 Å². The minimum Gasteiger partial charge on any atom is -0.376 e. The van der Waals surface area contributed by atoms with Crippen molar-refractivity contribution in [2.24, 2.45) is 5.92 Å². The van der Waals surface area contributed by atoms with Crippen LogP contribution in [0.5, 0.6) is 0 Å². The van der Waals surface area contributed by atoms with Crippen molar-refractivity contribution in [1.29, 1.82) is 0 Å². The molecule has 148 valence electrons. The quantitative estimate of drug-likeness (QED) is 0.323. The summed E-state index contributed by atoms with van der Waals surface area (Å²) in [7, 11) is 0. The second-order valence-electron chi connectivity index (χ2n) is 7.97. The molecule has 1 saturated carbocycles. The van der Waals surface area contributed by atoms with Crippen LogP contribution in [0, 0.1) is 5.92 Å². The molecule has 0 heterocycles. The first-order valence-electron chi connectivity index (χ1n) is 10.8. The molecule has 0 aromatic heterocycles. The maximum Gasteiger partial charge on any atom is 0.0717 e. The molecule has 1 fully saturated rings. The van der Waals surface area contributed by atoms with Gasteiger partial charge >= 0.3 is 0 Å². The van der Waals surface area contributed by atoms with Crippen LogP contribution in [0.2, 0.25) is 0 Å². The van der Waals surface area contributed by atoms with Crippen molar-refractivity contribution in [2.75, 3.05) is 6.61 Å². The smallest absolute Gasteiger partial charge is 0.0717 e. The predicted molar refractivity (Wildman–Crippen MR) is 120 cm³/mol. The first-order valence-corrected chi connectivity index (χ1v) is 10.8. The van der Waals surface area contributed by atoms with E-state index < -0.39 is 0 Å². The number of rotatable bonds is 9. The summed E-state index contributed by atoms with van der Waals surface area (Å²) in [6.07, 6.45) is 13.8. The van der Waals surface area contributed by atoms with Gasteiger partial charge in [-0.1, -0.05) is 66.8 Å². The van der Waals surface area contributed by atoms with Gasteiger partial charge in [-0.05, 0) is 79.5 Å². The molecule has 0 aliphatic heterocycles. The third-order valence-corrected chi connectivity index (χ3v) is 5.95. The Hall–Kier alpha value is -2.12. The molecular formula is C27H34O. The summed E-state index contributed by atoms with van der Waals surface area (Å²) in [6.45, 7) is 7.40. The highest BCUT2D eigenvalue weighted by atomic mass is 16.5. The van der Waals surface area contributed by atoms with Crippen LogP contribution < -0.4 is 0 Å². The SMILES string of the molecule is C=CCC1CCC(c2ccc(-c3ccc(COCC/C=C/C)cc3)cc2)CC1. The Morgan fingerprint density at radius 3 is 2.18 bits per heavy atom. The first-order chi connectivity index (χ1) is 13.8. The van der Waals surface area contributed by atoms with Gasteiger partial charge in [-0.15, -0.1) is 6.58 Å². The van der Waals surface area contributed by atoms with Crippen molar-refractivity contribution < 1.29 is 4.74 Å². The van der Waals surface area contributed by atoms with Gasteiger partial charge in [0.15, 0.2) is 0 Å². The Morgan fingerprint density at radius 1 is 0.929 bits per heavy atom. The fraction of sp³-hybridized carbons (Fsp3) is 0.407. The number of hydrogen-bond acceptors (Lipinski definition) is 1. The van der Waals surface area contributed by atoms with E-state index in [0.717, 1.165) is 24.9 Å². The molecule has 0 amide bonds. The summed E-state index contributed by atoms with van der Waals surface area (Å²) in [5.41, 5.74) is 5.31. The van der Waals surface area contributed by atoms with E-state index in [1.54, 1.807) is 0 Å². The predicted octanol–water partition coefficient (Wildman–Crippen LogP) is 7.69. The highest BCUT2D eigenvalue weighted by molar-refractivity contribution is 5.64. The van der Waals surface area contributed by atoms with Crippen LogP contribution in [0.3, 0.4) is 0 Å². The van der Waals surface area contributed by atoms with Gasteiger partial charge < -0.3 is 4.74 Å². The zero-order valence-corrected chi connectivity index (χ0v) is 17.3. The average Bonchev–Trinajstić information content (AvgIpc) is 2.75. The molecule has 0 atom stereocenters. The molecule has 0 saturated heterocycles. The molecular weight excluding hydrogens is 340 g/mol. The Bertz CT molecular complexity index is 731. The Labute approximate surface area is 171 Å². The van der Waals surface area contributed by atoms with Crippen LogP contribution >= 0.6 is 0 Å². The third-order valence-electron chi connectivity index (χ3n) is 5.95. The van der Waals surface area contributed by atoms with E-state index in [2.05, 4.69) is 73.3 Å². The minimum atomic E-state index is 0.686. The summed E-state index contributed by atoms with van der Waals surface area (Å²) in [5.74, 6) is 1.59. The van der Waals surface area contributed by atoms with Crippen molar-refractivity contribution in [1.82, 2.24) is 0 Å². The average molecular weight is 375 g/mol. The molecule has 0 unspecified atom stereocenters. The van der Waals surface area contributed by atoms with E-state index in [1.165, 1.54) is 54.4 Å². The molecule has 1 aliphatic rings. The molecule has 0 radical (unpaired) electrons. The molecule has 0 bridgehead atoms. The van der Waals surface area contributed by atoms with E-state index in [1.807, 2.05) is 6.92 Å². The normalized spacial score (nSPS) is 19.8. The number of benzene rings is 2. The molecule has 1 heteroatoms. The van der Waals surface area contributed by atoms with E-state index in [4.69, 9.17) is 4.74 Å². The van der Waals surface area contributed by atoms with Gasteiger partial charge in [-0.3, -0.25) is 0 Å². The van der Waals surface area contributed by atoms with Gasteiger partial charge in [0.05, 0.1) is 13.2 Å². The molecule has 2 aromatic rings. The lowest BCUT2D eigenvalue weighted by molar-refractivity contribution is 0.125. The zero-order valence-electron chi connectivity index (χ0n) is 17.3. The van der Waals surface area contributed by atoms with Crippen molar-refractivity contribution in [3.8, 4) is 11.1 Å². The van der Waals surface area contributed by atoms with E-state index in [0.29, 0.717) is 6.61 Å². The largest absolute Gasteiger partial charge is 0.376 e. The third kappa shape index (κ3) is 5.94. The van der Waals surface area contributed by atoms with E-state index in [9.17, 15) is 0 Å². The molecule has 1 nitrogen and oxygen atoms in total. The van der Waals surface area contributed by atoms with Crippen LogP contribution in [-0.2, 0) is 11.3 Å². The highest BCUT2D eigenvalue weighted by Crippen LogP contribution is 2.37. The van der Waals surface area contributed by atoms with Gasteiger partial charge in [0, 0.05) is 0 Å². The Kier molecular flexibility index (Phi) is 8.11. The summed E-state index contributed by atoms with van der Waals surface area (Å²) in [5, 5.41) is 0. The van der Waals surface area contributed by atoms with Crippen LogP contribution in [0.1, 0.15) is 62.5 Å². The van der Waals surface area contributed by atoms with Gasteiger partial charge in [0.25, 0.3) is 0 Å². The Balaban J connectivity index is 1.52. The van der Waals surface area contributed by atoms with Crippen LogP contribution in [0.25, 0.3) is 11.1 Å². The van der Waals surface area contributed by atoms with Crippen molar-refractivity contribution in [3.05, 3.63) is 84.5 Å². The van der Waals surface area contributed by atoms with Gasteiger partial charge in [0.2, 0.25) is 0 Å². The molecule has 3 rings (SSSR count). The zero-order chi connectivity index (χ0) is 19.6. The monoisotopic (exact) mass is 374 g/mol. The van der Waals surface area contributed by atoms with E-state index >= 15 is 0 Å². The topological polar surface area (TPSA) is 9.23 Å². The number of allylic oxidation sites excluding steroid dienone is 2. The lowest BCUT2D eigenvalue weighted by Gasteiger charge is -2.28. The molecule has 0 spiro atoms. The number of ether oxygens (including phenoxy) is 1. The number of hydrogen-bond donors (Lipinski definition) is 0. The lowest BCUT2D eigenvalue weighted by atomic mass is 9.77. The van der Waals surface area contributed by atoms with Gasteiger partial charge in [-0.25, -0.2) is 0 Å². The molecule has 28 heavy (non-hydrogen) atoms. The highest BCUT2D eigenvalue weighted by Gasteiger charge is 2.21. The maximum atomic E-state index is 5.72. The second-order valence-corrected chi connectivity index (χ2v) is 7.97. The second kappa shape index (κ2) is 11.0. The molecule has 0 N–H and O–H groups in total. The van der Waals surface area contributed by atoms with E-state index in [-0.39, 0.29) is 0 Å². The van der Waals surface area contributed by atoms with Crippen molar-refractivity contribution in [3.63, 3.8) is 0 Å². The fourth-order valence-corrected chi connectivity index (χ4v) is 4.22. The lowest BCUT2D eigenvalue weighted by Crippen LogP contribution is -2.12. The van der Waals surface area contributed by atoms with Crippen LogP contribution in [-0.4, -0.2) is 6.61 Å². The summed E-state index contributed by atoms with van der Waals surface area (Å²) in [4.78, 5) is 0. The Morgan fingerprint density at radius 2 is 1.57 bits per heavy atom. The summed E-state index contributed by atoms with van der Waals surface area (Å²) < 4.78 is 5.72. The standard InChI is InChI=1S/C27H34O/c1-3-5-6-20-28-21-23-10-14-25(15-11-23)27-18-16-26(17-19-27)24-12-8-22(7-4-2)9-13-24/h3-5,10-11,14-19,22,24H,2,6-9,12-13,20-21H2,1H3/b5-3+. The molecule has 1 aliphatic carbocycles. The van der Waals surface area contributed by atoms with Gasteiger partial charge in [-0.2, -0.15) is 0 Å². The minimum absolute atomic E-state index is 0.686. The maximum absolute atomic E-state index is 5.72. The molecule has 2 aromatic carbocycles. The van der Waals surface area contributed by atoms with Gasteiger partial charge in [0.1, 0.15) is 0 Å². The summed E-state index contributed by atoms with van der Waals surface area (Å²) in [6, 6.07) is 18.0. The summed E-state index contributed by atoms with van der Waals surface area (Å²) >= 11 is 0. The van der Waals surface area contributed by atoms with Crippen molar-refractivity contribution in [2.45, 2.75) is 58.0 Å². The first kappa shape index (κ1) is 20.6. The fourth-order valence-electron chi connectivity index (χ4n) is 4.22. The van der Waals surface area contributed by atoms with Crippen LogP contribution in [0.15, 0.2) is 73.3 Å². The van der Waals surface area contributed by atoms with Crippen molar-refractivity contribution >= 4 is 0 Å².